The summed E-state index contributed by atoms with van der Waals surface area (Å²) in [7, 11) is 0. The van der Waals surface area contributed by atoms with Crippen molar-refractivity contribution >= 4 is 22.6 Å². The second-order valence-electron chi connectivity index (χ2n) is 2.36. The number of rotatable bonds is 3. The van der Waals surface area contributed by atoms with E-state index in [9.17, 15) is 0 Å². The van der Waals surface area contributed by atoms with Gasteiger partial charge in [-0.1, -0.05) is 22.6 Å². The minimum atomic E-state index is 0.299. The summed E-state index contributed by atoms with van der Waals surface area (Å²) >= 11 is 2.37. The van der Waals surface area contributed by atoms with Gasteiger partial charge >= 0.3 is 0 Å². The minimum absolute atomic E-state index is 0.299. The Morgan fingerprint density at radius 1 is 1.50 bits per heavy atom. The molecular weight excluding hydrogens is 215 g/mol. The van der Waals surface area contributed by atoms with E-state index in [2.05, 4.69) is 36.4 Å². The molecule has 0 aromatic heterocycles. The van der Waals surface area contributed by atoms with Crippen LogP contribution in [0.25, 0.3) is 0 Å². The van der Waals surface area contributed by atoms with Crippen molar-refractivity contribution in [2.24, 2.45) is 0 Å². The van der Waals surface area contributed by atoms with Crippen molar-refractivity contribution in [2.45, 2.75) is 24.2 Å². The molecule has 0 unspecified atom stereocenters. The quantitative estimate of drug-likeness (QED) is 0.531. The molecule has 0 heterocycles. The molecular formula is C6H13IO. The molecule has 0 rings (SSSR count). The SMILES string of the molecule is CCOCC(C)(C)I. The molecule has 0 N–H and O–H groups in total. The molecule has 0 aliphatic heterocycles. The van der Waals surface area contributed by atoms with Crippen LogP contribution >= 0.6 is 22.6 Å². The molecule has 0 aliphatic rings. The maximum atomic E-state index is 5.19. The Kier molecular flexibility index (Phi) is 3.98. The summed E-state index contributed by atoms with van der Waals surface area (Å²) in [5.41, 5.74) is 0. The lowest BCUT2D eigenvalue weighted by atomic mass is 10.2. The molecule has 0 amide bonds. The van der Waals surface area contributed by atoms with Crippen LogP contribution in [0.3, 0.4) is 0 Å². The van der Waals surface area contributed by atoms with Crippen LogP contribution in [-0.4, -0.2) is 16.6 Å². The zero-order valence-corrected chi connectivity index (χ0v) is 7.86. The van der Waals surface area contributed by atoms with Crippen molar-refractivity contribution in [1.29, 1.82) is 0 Å². The van der Waals surface area contributed by atoms with Gasteiger partial charge in [-0.15, -0.1) is 0 Å². The van der Waals surface area contributed by atoms with Crippen LogP contribution in [0.5, 0.6) is 0 Å². The van der Waals surface area contributed by atoms with Crippen molar-refractivity contribution in [3.05, 3.63) is 0 Å². The van der Waals surface area contributed by atoms with E-state index >= 15 is 0 Å². The van der Waals surface area contributed by atoms with E-state index in [0.29, 0.717) is 3.42 Å². The van der Waals surface area contributed by atoms with Crippen molar-refractivity contribution < 1.29 is 4.74 Å². The maximum absolute atomic E-state index is 5.19. The molecule has 0 atom stereocenters. The topological polar surface area (TPSA) is 9.23 Å². The van der Waals surface area contributed by atoms with E-state index < -0.39 is 0 Å². The number of hydrogen-bond acceptors (Lipinski definition) is 1. The predicted molar refractivity (Wildman–Crippen MR) is 44.6 cm³/mol. The average Bonchev–Trinajstić information content (AvgIpc) is 1.59. The molecule has 0 spiro atoms. The van der Waals surface area contributed by atoms with E-state index in [1.807, 2.05) is 6.92 Å². The van der Waals surface area contributed by atoms with E-state index in [1.165, 1.54) is 0 Å². The van der Waals surface area contributed by atoms with Crippen LogP contribution in [-0.2, 0) is 4.74 Å². The molecule has 0 aliphatic carbocycles. The third-order valence-electron chi connectivity index (χ3n) is 0.649. The standard InChI is InChI=1S/C6H13IO/c1-4-8-5-6(2,3)7/h4-5H2,1-3H3. The van der Waals surface area contributed by atoms with Gasteiger partial charge in [-0.3, -0.25) is 0 Å². The third kappa shape index (κ3) is 6.69. The van der Waals surface area contributed by atoms with Crippen LogP contribution < -0.4 is 0 Å². The van der Waals surface area contributed by atoms with Crippen molar-refractivity contribution in [2.75, 3.05) is 13.2 Å². The number of halogens is 1. The van der Waals surface area contributed by atoms with Gasteiger partial charge in [-0.05, 0) is 20.8 Å². The van der Waals surface area contributed by atoms with Crippen molar-refractivity contribution in [3.63, 3.8) is 0 Å². The fourth-order valence-electron chi connectivity index (χ4n) is 0.345. The first-order valence-corrected chi connectivity index (χ1v) is 3.91. The summed E-state index contributed by atoms with van der Waals surface area (Å²) in [6.07, 6.45) is 0. The Morgan fingerprint density at radius 2 is 2.00 bits per heavy atom. The van der Waals surface area contributed by atoms with Crippen LogP contribution in [0.4, 0.5) is 0 Å². The Bertz CT molecular complexity index is 56.0. The van der Waals surface area contributed by atoms with E-state index in [1.54, 1.807) is 0 Å². The molecule has 0 radical (unpaired) electrons. The monoisotopic (exact) mass is 228 g/mol. The van der Waals surface area contributed by atoms with Gasteiger partial charge in [-0.25, -0.2) is 0 Å². The van der Waals surface area contributed by atoms with E-state index in [0.717, 1.165) is 13.2 Å². The van der Waals surface area contributed by atoms with E-state index in [-0.39, 0.29) is 0 Å². The van der Waals surface area contributed by atoms with Crippen molar-refractivity contribution in [3.8, 4) is 0 Å². The van der Waals surface area contributed by atoms with Gasteiger partial charge in [0.25, 0.3) is 0 Å². The molecule has 2 heteroatoms. The van der Waals surface area contributed by atoms with Crippen LogP contribution in [0.1, 0.15) is 20.8 Å². The Hall–Kier alpha value is 0.690. The van der Waals surface area contributed by atoms with Crippen LogP contribution in [0.15, 0.2) is 0 Å². The molecule has 8 heavy (non-hydrogen) atoms. The predicted octanol–water partition coefficient (Wildman–Crippen LogP) is 2.24. The fourth-order valence-corrected chi connectivity index (χ4v) is 0.565. The molecule has 1 nitrogen and oxygen atoms in total. The normalized spacial score (nSPS) is 12.0. The molecule has 0 saturated heterocycles. The highest BCUT2D eigenvalue weighted by atomic mass is 127. The molecule has 0 saturated carbocycles. The lowest BCUT2D eigenvalue weighted by Gasteiger charge is -2.14. The second kappa shape index (κ2) is 3.67. The molecule has 50 valence electrons. The van der Waals surface area contributed by atoms with Crippen LogP contribution in [0, 0.1) is 0 Å². The van der Waals surface area contributed by atoms with Gasteiger partial charge in [0.1, 0.15) is 0 Å². The molecule has 0 aromatic rings. The average molecular weight is 228 g/mol. The molecule has 0 aromatic carbocycles. The Balaban J connectivity index is 3.11. The Labute approximate surface area is 64.9 Å². The van der Waals surface area contributed by atoms with Gasteiger partial charge in [0.2, 0.25) is 0 Å². The lowest BCUT2D eigenvalue weighted by Crippen LogP contribution is -2.17. The number of hydrogen-bond donors (Lipinski definition) is 0. The second-order valence-corrected chi connectivity index (χ2v) is 5.28. The largest absolute Gasteiger partial charge is 0.380 e. The third-order valence-corrected chi connectivity index (χ3v) is 0.961. The highest BCUT2D eigenvalue weighted by Gasteiger charge is 2.10. The summed E-state index contributed by atoms with van der Waals surface area (Å²) in [4.78, 5) is 0. The zero-order valence-electron chi connectivity index (χ0n) is 5.70. The fraction of sp³-hybridized carbons (Fsp3) is 1.00. The van der Waals surface area contributed by atoms with Gasteiger partial charge in [0.15, 0.2) is 0 Å². The molecule has 0 bridgehead atoms. The highest BCUT2D eigenvalue weighted by molar-refractivity contribution is 14.1. The first kappa shape index (κ1) is 8.69. The summed E-state index contributed by atoms with van der Waals surface area (Å²) in [5.74, 6) is 0. The maximum Gasteiger partial charge on any atom is 0.0606 e. The first-order chi connectivity index (χ1) is 3.56. The molecule has 0 fully saturated rings. The minimum Gasteiger partial charge on any atom is -0.380 e. The smallest absolute Gasteiger partial charge is 0.0606 e. The summed E-state index contributed by atoms with van der Waals surface area (Å²) in [6, 6.07) is 0. The first-order valence-electron chi connectivity index (χ1n) is 2.83. The van der Waals surface area contributed by atoms with Gasteiger partial charge in [0.05, 0.1) is 6.61 Å². The van der Waals surface area contributed by atoms with Gasteiger partial charge in [0, 0.05) is 10.0 Å². The van der Waals surface area contributed by atoms with Gasteiger partial charge in [-0.2, -0.15) is 0 Å². The van der Waals surface area contributed by atoms with Crippen molar-refractivity contribution in [1.82, 2.24) is 0 Å². The Morgan fingerprint density at radius 3 is 2.12 bits per heavy atom. The number of alkyl halides is 1. The zero-order chi connectivity index (χ0) is 6.62. The summed E-state index contributed by atoms with van der Waals surface area (Å²) in [6.45, 7) is 8.01. The van der Waals surface area contributed by atoms with Crippen LogP contribution in [0.2, 0.25) is 0 Å². The van der Waals surface area contributed by atoms with Gasteiger partial charge < -0.3 is 4.74 Å². The highest BCUT2D eigenvalue weighted by Crippen LogP contribution is 2.15. The summed E-state index contributed by atoms with van der Waals surface area (Å²) < 4.78 is 5.49. The number of ether oxygens (including phenoxy) is 1. The summed E-state index contributed by atoms with van der Waals surface area (Å²) in [5, 5.41) is 0. The lowest BCUT2D eigenvalue weighted by molar-refractivity contribution is 0.136. The van der Waals surface area contributed by atoms with E-state index in [4.69, 9.17) is 4.74 Å².